The summed E-state index contributed by atoms with van der Waals surface area (Å²) in [4.78, 5) is 0.375. The van der Waals surface area contributed by atoms with E-state index >= 15 is 0 Å². The normalized spacial score (nSPS) is 13.7. The van der Waals surface area contributed by atoms with Gasteiger partial charge in [-0.25, -0.2) is 0 Å². The Kier molecular flexibility index (Phi) is 4.77. The van der Waals surface area contributed by atoms with Gasteiger partial charge in [-0.2, -0.15) is 13.2 Å². The molecule has 0 saturated heterocycles. The van der Waals surface area contributed by atoms with Crippen LogP contribution in [0.25, 0.3) is 0 Å². The van der Waals surface area contributed by atoms with Crippen LogP contribution in [0.3, 0.4) is 0 Å². The van der Waals surface area contributed by atoms with Gasteiger partial charge in [0.05, 0.1) is 6.54 Å². The lowest BCUT2D eigenvalue weighted by Crippen LogP contribution is -2.43. The molecule has 0 spiro atoms. The third kappa shape index (κ3) is 8.21. The zero-order valence-corrected chi connectivity index (χ0v) is 7.62. The number of alkyl halides is 3. The van der Waals surface area contributed by atoms with E-state index in [1.54, 1.807) is 0 Å². The van der Waals surface area contributed by atoms with Crippen molar-refractivity contribution >= 4 is 6.98 Å². The standard InChI is InChI=1S/C6H11BF6N/c1-2-3-14(4-6(8,9)10)5-7(11,12)13/h2-5H2,1H3/q-1. The minimum Gasteiger partial charge on any atom is -0.448 e. The summed E-state index contributed by atoms with van der Waals surface area (Å²) in [7, 11) is 0. The maximum atomic E-state index is 11.9. The molecule has 0 aliphatic rings. The van der Waals surface area contributed by atoms with Crippen molar-refractivity contribution in [1.29, 1.82) is 0 Å². The number of hydrogen-bond donors (Lipinski definition) is 0. The maximum absolute atomic E-state index is 11.9. The van der Waals surface area contributed by atoms with E-state index in [4.69, 9.17) is 0 Å². The van der Waals surface area contributed by atoms with Crippen molar-refractivity contribution in [2.24, 2.45) is 0 Å². The van der Waals surface area contributed by atoms with Crippen LogP contribution in [0.2, 0.25) is 0 Å². The Morgan fingerprint density at radius 1 is 1.14 bits per heavy atom. The highest BCUT2D eigenvalue weighted by Gasteiger charge is 2.34. The van der Waals surface area contributed by atoms with Crippen molar-refractivity contribution in [2.75, 3.05) is 19.5 Å². The van der Waals surface area contributed by atoms with Crippen LogP contribution < -0.4 is 0 Å². The van der Waals surface area contributed by atoms with Crippen LogP contribution in [0.15, 0.2) is 0 Å². The lowest BCUT2D eigenvalue weighted by Gasteiger charge is -2.28. The molecule has 0 aliphatic heterocycles. The van der Waals surface area contributed by atoms with Crippen molar-refractivity contribution in [1.82, 2.24) is 4.90 Å². The van der Waals surface area contributed by atoms with E-state index < -0.39 is 26.1 Å². The quantitative estimate of drug-likeness (QED) is 0.510. The second-order valence-corrected chi connectivity index (χ2v) is 3.06. The molecule has 0 saturated carbocycles. The molecule has 0 aromatic carbocycles. The van der Waals surface area contributed by atoms with Crippen LogP contribution in [-0.2, 0) is 0 Å². The first kappa shape index (κ1) is 13.6. The fourth-order valence-electron chi connectivity index (χ4n) is 1.10. The summed E-state index contributed by atoms with van der Waals surface area (Å²) in [6.07, 6.45) is -5.76. The van der Waals surface area contributed by atoms with Crippen molar-refractivity contribution < 1.29 is 26.1 Å². The minimum atomic E-state index is -5.19. The predicted molar refractivity (Wildman–Crippen MR) is 41.9 cm³/mol. The van der Waals surface area contributed by atoms with Crippen molar-refractivity contribution in [3.05, 3.63) is 0 Å². The van der Waals surface area contributed by atoms with Gasteiger partial charge in [-0.05, 0) is 19.4 Å². The number of rotatable bonds is 5. The molecule has 0 amide bonds. The highest BCUT2D eigenvalue weighted by molar-refractivity contribution is 6.58. The van der Waals surface area contributed by atoms with Gasteiger partial charge in [0.15, 0.2) is 0 Å². The summed E-state index contributed by atoms with van der Waals surface area (Å²) in [5, 5.41) is 0. The molecule has 0 fully saturated rings. The minimum absolute atomic E-state index is 0.194. The number of hydrogen-bond acceptors (Lipinski definition) is 1. The molecule has 14 heavy (non-hydrogen) atoms. The SMILES string of the molecule is CCCN(C[B-](F)(F)F)CC(F)(F)F. The Morgan fingerprint density at radius 2 is 1.64 bits per heavy atom. The first-order chi connectivity index (χ1) is 6.14. The van der Waals surface area contributed by atoms with Gasteiger partial charge in [0, 0.05) is 0 Å². The van der Waals surface area contributed by atoms with Gasteiger partial charge in [-0.15, -0.1) is 0 Å². The van der Waals surface area contributed by atoms with Crippen molar-refractivity contribution in [3.8, 4) is 0 Å². The summed E-state index contributed by atoms with van der Waals surface area (Å²) < 4.78 is 71.0. The molecular formula is C6H11BF6N-. The van der Waals surface area contributed by atoms with Gasteiger partial charge in [0.1, 0.15) is 0 Å². The Hall–Kier alpha value is -0.395. The second-order valence-electron chi connectivity index (χ2n) is 3.06. The molecule has 1 nitrogen and oxygen atoms in total. The summed E-state index contributed by atoms with van der Waals surface area (Å²) in [6, 6.07) is 0. The van der Waals surface area contributed by atoms with Gasteiger partial charge < -0.3 is 17.8 Å². The lowest BCUT2D eigenvalue weighted by atomic mass is 9.91. The predicted octanol–water partition coefficient (Wildman–Crippen LogP) is 2.65. The first-order valence-corrected chi connectivity index (χ1v) is 4.14. The molecule has 86 valence electrons. The van der Waals surface area contributed by atoms with Gasteiger partial charge in [0.25, 0.3) is 0 Å². The molecule has 0 atom stereocenters. The van der Waals surface area contributed by atoms with Gasteiger partial charge in [0.2, 0.25) is 0 Å². The summed E-state index contributed by atoms with van der Waals surface area (Å²) in [6.45, 7) is -5.35. The van der Waals surface area contributed by atoms with Crippen LogP contribution in [0.4, 0.5) is 26.1 Å². The molecule has 0 unspecified atom stereocenters. The second kappa shape index (κ2) is 4.90. The maximum Gasteiger partial charge on any atom is 0.492 e. The van der Waals surface area contributed by atoms with Crippen molar-refractivity contribution in [3.63, 3.8) is 0 Å². The Bertz CT molecular complexity index is 149. The van der Waals surface area contributed by atoms with E-state index in [1.807, 2.05) is 0 Å². The average Bonchev–Trinajstić information content (AvgIpc) is 1.78. The molecule has 0 aromatic heterocycles. The zero-order chi connectivity index (χ0) is 11.4. The van der Waals surface area contributed by atoms with E-state index in [2.05, 4.69) is 0 Å². The van der Waals surface area contributed by atoms with E-state index in [0.29, 0.717) is 4.90 Å². The monoisotopic (exact) mass is 222 g/mol. The molecule has 0 aliphatic carbocycles. The molecular weight excluding hydrogens is 211 g/mol. The number of halogens is 6. The van der Waals surface area contributed by atoms with E-state index in [9.17, 15) is 26.1 Å². The smallest absolute Gasteiger partial charge is 0.448 e. The van der Waals surface area contributed by atoms with E-state index in [-0.39, 0.29) is 13.0 Å². The van der Waals surface area contributed by atoms with Crippen LogP contribution >= 0.6 is 0 Å². The van der Waals surface area contributed by atoms with E-state index in [1.165, 1.54) is 6.92 Å². The summed E-state index contributed by atoms with van der Waals surface area (Å²) in [5.74, 6) is 0. The third-order valence-electron chi connectivity index (χ3n) is 1.41. The molecule has 0 bridgehead atoms. The summed E-state index contributed by atoms with van der Waals surface area (Å²) >= 11 is 0. The van der Waals surface area contributed by atoms with Crippen LogP contribution in [0.1, 0.15) is 13.3 Å². The molecule has 0 rings (SSSR count). The van der Waals surface area contributed by atoms with Crippen LogP contribution in [0.5, 0.6) is 0 Å². The van der Waals surface area contributed by atoms with Crippen LogP contribution in [-0.4, -0.2) is 37.6 Å². The third-order valence-corrected chi connectivity index (χ3v) is 1.41. The molecule has 0 aromatic rings. The first-order valence-electron chi connectivity index (χ1n) is 4.14. The van der Waals surface area contributed by atoms with Gasteiger partial charge in [-0.1, -0.05) is 6.92 Å². The lowest BCUT2D eigenvalue weighted by molar-refractivity contribution is -0.144. The molecule has 8 heteroatoms. The molecule has 0 radical (unpaired) electrons. The Labute approximate surface area is 78.1 Å². The molecule has 0 N–H and O–H groups in total. The van der Waals surface area contributed by atoms with Crippen LogP contribution in [0, 0.1) is 0 Å². The molecule has 0 heterocycles. The average molecular weight is 222 g/mol. The Morgan fingerprint density at radius 3 is 1.93 bits per heavy atom. The van der Waals surface area contributed by atoms with E-state index in [0.717, 1.165) is 0 Å². The van der Waals surface area contributed by atoms with Crippen molar-refractivity contribution in [2.45, 2.75) is 19.5 Å². The topological polar surface area (TPSA) is 3.24 Å². The highest BCUT2D eigenvalue weighted by Crippen LogP contribution is 2.19. The summed E-state index contributed by atoms with van der Waals surface area (Å²) in [5.41, 5.74) is 0. The Balaban J connectivity index is 4.16. The fraction of sp³-hybridized carbons (Fsp3) is 1.00. The largest absolute Gasteiger partial charge is 0.492 e. The van der Waals surface area contributed by atoms with Gasteiger partial charge >= 0.3 is 13.2 Å². The zero-order valence-electron chi connectivity index (χ0n) is 7.62. The highest BCUT2D eigenvalue weighted by atomic mass is 19.4. The van der Waals surface area contributed by atoms with Gasteiger partial charge in [-0.3, -0.25) is 0 Å². The fourth-order valence-corrected chi connectivity index (χ4v) is 1.10. The number of nitrogens with zero attached hydrogens (tertiary/aromatic N) is 1.